The number of ether oxygens (including phenoxy) is 1. The molecule has 2 N–H and O–H groups in total. The fourth-order valence-corrected chi connectivity index (χ4v) is 2.93. The first-order valence-corrected chi connectivity index (χ1v) is 9.00. The third kappa shape index (κ3) is 4.40. The lowest BCUT2D eigenvalue weighted by molar-refractivity contribution is 0.301. The Bertz CT molecular complexity index is 564. The van der Waals surface area contributed by atoms with Gasteiger partial charge in [0.05, 0.1) is 18.7 Å². The largest absolute Gasteiger partial charge is 0.493 e. The van der Waals surface area contributed by atoms with Crippen LogP contribution in [-0.4, -0.2) is 24.7 Å². The van der Waals surface area contributed by atoms with Gasteiger partial charge in [-0.1, -0.05) is 38.3 Å². The van der Waals surface area contributed by atoms with Crippen molar-refractivity contribution in [3.63, 3.8) is 0 Å². The fraction of sp³-hybridized carbons (Fsp3) is 0.632. The molecule has 1 spiro atoms. The van der Waals surface area contributed by atoms with Crippen molar-refractivity contribution in [2.75, 3.05) is 13.2 Å². The molecule has 23 heavy (non-hydrogen) atoms. The quantitative estimate of drug-likeness (QED) is 0.721. The first-order valence-electron chi connectivity index (χ1n) is 9.00. The van der Waals surface area contributed by atoms with Crippen molar-refractivity contribution in [1.82, 2.24) is 10.6 Å². The Balaban J connectivity index is 1.51. The summed E-state index contributed by atoms with van der Waals surface area (Å²) in [5, 5.41) is 6.93. The molecule has 0 radical (unpaired) electrons. The molecule has 0 atom stereocenters. The summed E-state index contributed by atoms with van der Waals surface area (Å²) in [6.45, 7) is 6.83. The minimum atomic E-state index is 0.300. The summed E-state index contributed by atoms with van der Waals surface area (Å²) in [7, 11) is 0. The van der Waals surface area contributed by atoms with Gasteiger partial charge in [-0.3, -0.25) is 4.99 Å². The highest BCUT2D eigenvalue weighted by Gasteiger charge is 2.46. The highest BCUT2D eigenvalue weighted by molar-refractivity contribution is 5.83. The van der Waals surface area contributed by atoms with E-state index in [0.717, 1.165) is 37.8 Å². The van der Waals surface area contributed by atoms with E-state index in [2.05, 4.69) is 47.7 Å². The van der Waals surface area contributed by atoms with Crippen molar-refractivity contribution in [2.45, 2.75) is 64.5 Å². The summed E-state index contributed by atoms with van der Waals surface area (Å²) in [5.74, 6) is 1.95. The maximum absolute atomic E-state index is 6.03. The predicted octanol–water partition coefficient (Wildman–Crippen LogP) is 3.54. The van der Waals surface area contributed by atoms with Crippen molar-refractivity contribution in [2.24, 2.45) is 4.99 Å². The smallest absolute Gasteiger partial charge is 0.192 e. The molecule has 2 aliphatic rings. The Hall–Kier alpha value is -1.71. The van der Waals surface area contributed by atoms with Crippen molar-refractivity contribution in [3.8, 4) is 5.75 Å². The standard InChI is InChI=1S/C19H29N3O/c1-3-4-5-6-11-23-17-12-15(2)7-8-16(17)13-20-18-21-14-19(22-18)9-10-19/h7-8,12H,3-6,9-11,13-14H2,1-2H3,(H2,20,21,22). The molecule has 4 nitrogen and oxygen atoms in total. The first kappa shape index (κ1) is 16.2. The Kier molecular flexibility index (Phi) is 5.09. The van der Waals surface area contributed by atoms with Crippen LogP contribution < -0.4 is 15.4 Å². The van der Waals surface area contributed by atoms with Crippen molar-refractivity contribution < 1.29 is 4.74 Å². The van der Waals surface area contributed by atoms with E-state index in [0.29, 0.717) is 5.54 Å². The second-order valence-electron chi connectivity index (χ2n) is 6.94. The number of nitrogens with zero attached hydrogens (tertiary/aromatic N) is 1. The van der Waals surface area contributed by atoms with Gasteiger partial charge in [-0.15, -0.1) is 0 Å². The van der Waals surface area contributed by atoms with Crippen LogP contribution in [-0.2, 0) is 6.54 Å². The fourth-order valence-electron chi connectivity index (χ4n) is 2.93. The van der Waals surface area contributed by atoms with Crippen molar-refractivity contribution in [3.05, 3.63) is 29.3 Å². The number of aryl methyl sites for hydroxylation is 1. The van der Waals surface area contributed by atoms with Crippen molar-refractivity contribution in [1.29, 1.82) is 0 Å². The lowest BCUT2D eigenvalue weighted by atomic mass is 10.1. The lowest BCUT2D eigenvalue weighted by Crippen LogP contribution is -2.39. The van der Waals surface area contributed by atoms with E-state index in [9.17, 15) is 0 Å². The summed E-state index contributed by atoms with van der Waals surface area (Å²) >= 11 is 0. The van der Waals surface area contributed by atoms with E-state index in [4.69, 9.17) is 4.74 Å². The van der Waals surface area contributed by atoms with Gasteiger partial charge in [0.15, 0.2) is 5.96 Å². The average molecular weight is 315 g/mol. The second kappa shape index (κ2) is 7.24. The number of hydrogen-bond acceptors (Lipinski definition) is 4. The van der Waals surface area contributed by atoms with Crippen LogP contribution in [0.3, 0.4) is 0 Å². The van der Waals surface area contributed by atoms with Crippen LogP contribution in [0.25, 0.3) is 0 Å². The van der Waals surface area contributed by atoms with Gasteiger partial charge in [0.1, 0.15) is 5.75 Å². The third-order valence-corrected chi connectivity index (χ3v) is 4.70. The van der Waals surface area contributed by atoms with Crippen LogP contribution in [0.5, 0.6) is 5.75 Å². The van der Waals surface area contributed by atoms with Gasteiger partial charge >= 0.3 is 0 Å². The van der Waals surface area contributed by atoms with Crippen LogP contribution >= 0.6 is 0 Å². The molecule has 1 aromatic rings. The van der Waals surface area contributed by atoms with Gasteiger partial charge in [-0.2, -0.15) is 0 Å². The highest BCUT2D eigenvalue weighted by Crippen LogP contribution is 2.37. The maximum Gasteiger partial charge on any atom is 0.192 e. The molecule has 0 amide bonds. The molecule has 1 aliphatic carbocycles. The molecule has 0 unspecified atom stereocenters. The van der Waals surface area contributed by atoms with Gasteiger partial charge in [-0.25, -0.2) is 0 Å². The van der Waals surface area contributed by atoms with Crippen LogP contribution in [0.4, 0.5) is 0 Å². The molecular weight excluding hydrogens is 286 g/mol. The third-order valence-electron chi connectivity index (χ3n) is 4.70. The molecule has 0 saturated heterocycles. The minimum Gasteiger partial charge on any atom is -0.493 e. The zero-order chi connectivity index (χ0) is 16.1. The zero-order valence-corrected chi connectivity index (χ0v) is 14.5. The molecule has 4 heteroatoms. The molecule has 1 aliphatic heterocycles. The van der Waals surface area contributed by atoms with E-state index < -0.39 is 0 Å². The van der Waals surface area contributed by atoms with E-state index in [-0.39, 0.29) is 0 Å². The van der Waals surface area contributed by atoms with Crippen LogP contribution in [0.2, 0.25) is 0 Å². The molecule has 1 aromatic carbocycles. The lowest BCUT2D eigenvalue weighted by Gasteiger charge is -2.15. The molecule has 1 fully saturated rings. The molecule has 3 rings (SSSR count). The number of benzene rings is 1. The maximum atomic E-state index is 6.03. The molecule has 0 bridgehead atoms. The van der Waals surface area contributed by atoms with Crippen LogP contribution in [0.15, 0.2) is 23.2 Å². The van der Waals surface area contributed by atoms with E-state index in [1.165, 1.54) is 43.2 Å². The minimum absolute atomic E-state index is 0.300. The van der Waals surface area contributed by atoms with Gasteiger partial charge < -0.3 is 15.4 Å². The SMILES string of the molecule is CCCCCCOc1cc(C)ccc1CNC1=NCC2(CC2)N1. The number of nitrogens with one attached hydrogen (secondary N) is 2. The van der Waals surface area contributed by atoms with Gasteiger partial charge in [0.2, 0.25) is 0 Å². The molecule has 126 valence electrons. The van der Waals surface area contributed by atoms with Gasteiger partial charge in [0.25, 0.3) is 0 Å². The Morgan fingerprint density at radius 1 is 1.26 bits per heavy atom. The normalized spacial score (nSPS) is 17.7. The Morgan fingerprint density at radius 2 is 2.13 bits per heavy atom. The summed E-state index contributed by atoms with van der Waals surface area (Å²) in [5.41, 5.74) is 2.74. The second-order valence-corrected chi connectivity index (χ2v) is 6.94. The average Bonchev–Trinajstić information content (AvgIpc) is 3.18. The molecule has 1 saturated carbocycles. The van der Waals surface area contributed by atoms with E-state index >= 15 is 0 Å². The number of unbranched alkanes of at least 4 members (excludes halogenated alkanes) is 3. The monoisotopic (exact) mass is 315 g/mol. The Morgan fingerprint density at radius 3 is 2.87 bits per heavy atom. The Labute approximate surface area is 139 Å². The van der Waals surface area contributed by atoms with Crippen LogP contribution in [0, 0.1) is 6.92 Å². The summed E-state index contributed by atoms with van der Waals surface area (Å²) in [6, 6.07) is 6.45. The predicted molar refractivity (Wildman–Crippen MR) is 95.1 cm³/mol. The number of aliphatic imine (C=N–C) groups is 1. The summed E-state index contributed by atoms with van der Waals surface area (Å²) < 4.78 is 6.03. The number of rotatable bonds is 8. The summed E-state index contributed by atoms with van der Waals surface area (Å²) in [6.07, 6.45) is 7.43. The molecular formula is C19H29N3O. The van der Waals surface area contributed by atoms with Gasteiger partial charge in [-0.05, 0) is 37.8 Å². The first-order chi connectivity index (χ1) is 11.2. The van der Waals surface area contributed by atoms with E-state index in [1.54, 1.807) is 0 Å². The topological polar surface area (TPSA) is 45.6 Å². The highest BCUT2D eigenvalue weighted by atomic mass is 16.5. The number of hydrogen-bond donors (Lipinski definition) is 2. The number of guanidine groups is 1. The molecule has 0 aromatic heterocycles. The van der Waals surface area contributed by atoms with E-state index in [1.807, 2.05) is 0 Å². The summed E-state index contributed by atoms with van der Waals surface area (Å²) in [4.78, 5) is 4.56. The van der Waals surface area contributed by atoms with Crippen molar-refractivity contribution >= 4 is 5.96 Å². The van der Waals surface area contributed by atoms with Crippen LogP contribution in [0.1, 0.15) is 56.6 Å². The zero-order valence-electron chi connectivity index (χ0n) is 14.5. The van der Waals surface area contributed by atoms with Gasteiger partial charge in [0, 0.05) is 12.1 Å². The molecule has 1 heterocycles.